The van der Waals surface area contributed by atoms with Crippen LogP contribution >= 0.6 is 11.3 Å². The van der Waals surface area contributed by atoms with Crippen LogP contribution in [0.4, 0.5) is 5.82 Å². The fourth-order valence-corrected chi connectivity index (χ4v) is 3.42. The van der Waals surface area contributed by atoms with Crippen LogP contribution in [-0.4, -0.2) is 29.6 Å². The molecule has 0 saturated carbocycles. The van der Waals surface area contributed by atoms with Gasteiger partial charge in [-0.25, -0.2) is 9.97 Å². The van der Waals surface area contributed by atoms with Crippen molar-refractivity contribution in [3.63, 3.8) is 0 Å². The second-order valence-corrected chi connectivity index (χ2v) is 5.51. The summed E-state index contributed by atoms with van der Waals surface area (Å²) in [6.45, 7) is 4.96. The predicted octanol–water partition coefficient (Wildman–Crippen LogP) is 1.78. The summed E-state index contributed by atoms with van der Waals surface area (Å²) in [7, 11) is 0. The molecule has 1 fully saturated rings. The molecule has 3 heterocycles. The van der Waals surface area contributed by atoms with E-state index in [1.165, 1.54) is 16.7 Å². The van der Waals surface area contributed by atoms with Gasteiger partial charge in [-0.3, -0.25) is 0 Å². The highest BCUT2D eigenvalue weighted by Gasteiger charge is 2.24. The minimum Gasteiger partial charge on any atom is -0.355 e. The Morgan fingerprint density at radius 2 is 2.41 bits per heavy atom. The first-order valence-electron chi connectivity index (χ1n) is 5.93. The van der Waals surface area contributed by atoms with Crippen LogP contribution in [0.25, 0.3) is 10.2 Å². The van der Waals surface area contributed by atoms with E-state index in [2.05, 4.69) is 27.2 Å². The van der Waals surface area contributed by atoms with E-state index < -0.39 is 0 Å². The van der Waals surface area contributed by atoms with E-state index in [1.54, 1.807) is 17.7 Å². The third-order valence-electron chi connectivity index (χ3n) is 3.43. The molecule has 90 valence electrons. The van der Waals surface area contributed by atoms with Crippen molar-refractivity contribution in [3.05, 3.63) is 17.3 Å². The van der Waals surface area contributed by atoms with Crippen molar-refractivity contribution in [1.29, 1.82) is 0 Å². The van der Waals surface area contributed by atoms with Gasteiger partial charge in [0.15, 0.2) is 0 Å². The number of nitrogens with zero attached hydrogens (tertiary/aromatic N) is 3. The topological polar surface area (TPSA) is 55.0 Å². The summed E-state index contributed by atoms with van der Waals surface area (Å²) in [6.07, 6.45) is 2.85. The Kier molecular flexibility index (Phi) is 2.72. The second-order valence-electron chi connectivity index (χ2n) is 4.63. The standard InChI is InChI=1S/C12H16N4S/c1-8-6-17-11-10(8)14-7-15-12(11)16-3-2-9(4-13)5-16/h6-7,9H,2-5,13H2,1H3. The highest BCUT2D eigenvalue weighted by atomic mass is 32.1. The zero-order valence-corrected chi connectivity index (χ0v) is 10.7. The third kappa shape index (κ3) is 1.79. The largest absolute Gasteiger partial charge is 0.355 e. The van der Waals surface area contributed by atoms with E-state index >= 15 is 0 Å². The summed E-state index contributed by atoms with van der Waals surface area (Å²) in [5.74, 6) is 1.70. The van der Waals surface area contributed by atoms with E-state index in [9.17, 15) is 0 Å². The molecule has 0 bridgehead atoms. The van der Waals surface area contributed by atoms with Crippen LogP contribution in [0.2, 0.25) is 0 Å². The molecule has 2 N–H and O–H groups in total. The molecule has 1 unspecified atom stereocenters. The smallest absolute Gasteiger partial charge is 0.150 e. The summed E-state index contributed by atoms with van der Waals surface area (Å²) in [4.78, 5) is 11.2. The van der Waals surface area contributed by atoms with Crippen molar-refractivity contribution < 1.29 is 0 Å². The molecule has 1 saturated heterocycles. The summed E-state index contributed by atoms with van der Waals surface area (Å²) in [6, 6.07) is 0. The first kappa shape index (κ1) is 10.9. The number of thiophene rings is 1. The maximum atomic E-state index is 5.73. The number of rotatable bonds is 2. The molecular formula is C12H16N4S. The minimum atomic E-state index is 0.612. The zero-order chi connectivity index (χ0) is 11.8. The minimum absolute atomic E-state index is 0.612. The number of aryl methyl sites for hydroxylation is 1. The predicted molar refractivity (Wildman–Crippen MR) is 71.5 cm³/mol. The highest BCUT2D eigenvalue weighted by molar-refractivity contribution is 7.18. The van der Waals surface area contributed by atoms with Gasteiger partial charge in [-0.15, -0.1) is 11.3 Å². The van der Waals surface area contributed by atoms with Crippen molar-refractivity contribution in [2.24, 2.45) is 11.7 Å². The lowest BCUT2D eigenvalue weighted by molar-refractivity contribution is 0.602. The Hall–Kier alpha value is -1.20. The number of hydrogen-bond donors (Lipinski definition) is 1. The molecule has 0 radical (unpaired) electrons. The molecule has 4 nitrogen and oxygen atoms in total. The van der Waals surface area contributed by atoms with Gasteiger partial charge >= 0.3 is 0 Å². The Balaban J connectivity index is 2.00. The zero-order valence-electron chi connectivity index (χ0n) is 9.89. The van der Waals surface area contributed by atoms with E-state index in [0.717, 1.165) is 31.0 Å². The van der Waals surface area contributed by atoms with Crippen molar-refractivity contribution in [1.82, 2.24) is 9.97 Å². The molecule has 0 amide bonds. The Bertz CT molecular complexity index is 536. The molecule has 0 aromatic carbocycles. The number of aromatic nitrogens is 2. The van der Waals surface area contributed by atoms with Crippen molar-refractivity contribution in [2.75, 3.05) is 24.5 Å². The van der Waals surface area contributed by atoms with Gasteiger partial charge in [0.25, 0.3) is 0 Å². The van der Waals surface area contributed by atoms with Gasteiger partial charge in [0, 0.05) is 13.1 Å². The number of fused-ring (bicyclic) bond motifs is 1. The fourth-order valence-electron chi connectivity index (χ4n) is 2.40. The third-order valence-corrected chi connectivity index (χ3v) is 4.51. The van der Waals surface area contributed by atoms with E-state index in [-0.39, 0.29) is 0 Å². The van der Waals surface area contributed by atoms with Crippen LogP contribution in [0.5, 0.6) is 0 Å². The lowest BCUT2D eigenvalue weighted by Gasteiger charge is -2.17. The fraction of sp³-hybridized carbons (Fsp3) is 0.500. The summed E-state index contributed by atoms with van der Waals surface area (Å²) >= 11 is 1.74. The van der Waals surface area contributed by atoms with E-state index in [1.807, 2.05) is 0 Å². The molecule has 2 aromatic heterocycles. The van der Waals surface area contributed by atoms with Gasteiger partial charge < -0.3 is 10.6 Å². The molecule has 3 rings (SSSR count). The molecule has 2 aromatic rings. The van der Waals surface area contributed by atoms with Crippen LogP contribution in [0.3, 0.4) is 0 Å². The molecule has 1 aliphatic rings. The maximum absolute atomic E-state index is 5.73. The van der Waals surface area contributed by atoms with Gasteiger partial charge in [0.1, 0.15) is 12.1 Å². The molecule has 1 atom stereocenters. The number of hydrogen-bond acceptors (Lipinski definition) is 5. The molecule has 1 aliphatic heterocycles. The average molecular weight is 248 g/mol. The summed E-state index contributed by atoms with van der Waals surface area (Å²) in [5.41, 5.74) is 8.07. The first-order valence-corrected chi connectivity index (χ1v) is 6.81. The summed E-state index contributed by atoms with van der Waals surface area (Å²) in [5, 5.41) is 2.15. The lowest BCUT2D eigenvalue weighted by atomic mass is 10.1. The van der Waals surface area contributed by atoms with Crippen molar-refractivity contribution >= 4 is 27.4 Å². The van der Waals surface area contributed by atoms with Crippen LogP contribution in [0.1, 0.15) is 12.0 Å². The van der Waals surface area contributed by atoms with E-state index in [4.69, 9.17) is 5.73 Å². The van der Waals surface area contributed by atoms with Crippen LogP contribution in [0, 0.1) is 12.8 Å². The maximum Gasteiger partial charge on any atom is 0.150 e. The van der Waals surface area contributed by atoms with Gasteiger partial charge in [0.2, 0.25) is 0 Å². The molecule has 0 spiro atoms. The highest BCUT2D eigenvalue weighted by Crippen LogP contribution is 2.33. The quantitative estimate of drug-likeness (QED) is 0.880. The first-order chi connectivity index (χ1) is 8.29. The molecule has 0 aliphatic carbocycles. The monoisotopic (exact) mass is 248 g/mol. The van der Waals surface area contributed by atoms with Gasteiger partial charge in [-0.1, -0.05) is 0 Å². The van der Waals surface area contributed by atoms with Crippen molar-refractivity contribution in [3.8, 4) is 0 Å². The van der Waals surface area contributed by atoms with Gasteiger partial charge in [0.05, 0.1) is 10.2 Å². The Morgan fingerprint density at radius 3 is 3.18 bits per heavy atom. The van der Waals surface area contributed by atoms with Gasteiger partial charge in [-0.05, 0) is 36.8 Å². The molecule has 17 heavy (non-hydrogen) atoms. The van der Waals surface area contributed by atoms with Crippen LogP contribution in [0.15, 0.2) is 11.7 Å². The SMILES string of the molecule is Cc1csc2c(N3CCC(CN)C3)ncnc12. The Labute approximate surface area is 104 Å². The van der Waals surface area contributed by atoms with Crippen LogP contribution in [-0.2, 0) is 0 Å². The van der Waals surface area contributed by atoms with E-state index in [0.29, 0.717) is 5.92 Å². The second kappa shape index (κ2) is 4.23. The average Bonchev–Trinajstić information content (AvgIpc) is 2.96. The lowest BCUT2D eigenvalue weighted by Crippen LogP contribution is -2.23. The Morgan fingerprint density at radius 1 is 1.53 bits per heavy atom. The summed E-state index contributed by atoms with van der Waals surface area (Å²) < 4.78 is 1.21. The normalized spacial score (nSPS) is 20.4. The number of nitrogens with two attached hydrogens (primary N) is 1. The number of anilines is 1. The van der Waals surface area contributed by atoms with Crippen LogP contribution < -0.4 is 10.6 Å². The molecule has 5 heteroatoms. The van der Waals surface area contributed by atoms with Gasteiger partial charge in [-0.2, -0.15) is 0 Å². The van der Waals surface area contributed by atoms with Crippen molar-refractivity contribution in [2.45, 2.75) is 13.3 Å². The molecular weight excluding hydrogens is 232 g/mol.